The Morgan fingerprint density at radius 1 is 0.391 bits per heavy atom. The molecule has 0 aromatic heterocycles. The van der Waals surface area contributed by atoms with Crippen molar-refractivity contribution in [1.29, 1.82) is 0 Å². The molecule has 0 saturated heterocycles. The van der Waals surface area contributed by atoms with Crippen molar-refractivity contribution in [3.8, 4) is 0 Å². The summed E-state index contributed by atoms with van der Waals surface area (Å²) in [7, 11) is 0. The lowest BCUT2D eigenvalue weighted by Gasteiger charge is -2.26. The second kappa shape index (κ2) is 34.4. The van der Waals surface area contributed by atoms with Gasteiger partial charge in [0, 0.05) is 12.8 Å². The van der Waals surface area contributed by atoms with E-state index in [-0.39, 0.29) is 75.6 Å². The van der Waals surface area contributed by atoms with Crippen molar-refractivity contribution in [3.63, 3.8) is 0 Å². The zero-order valence-corrected chi connectivity index (χ0v) is 43.1. The van der Waals surface area contributed by atoms with Crippen molar-refractivity contribution >= 4 is 35.8 Å². The van der Waals surface area contributed by atoms with Crippen molar-refractivity contribution in [2.45, 2.75) is 224 Å². The summed E-state index contributed by atoms with van der Waals surface area (Å²) in [6, 6.07) is 0. The first-order valence-corrected chi connectivity index (χ1v) is 24.5. The molecule has 0 aliphatic heterocycles. The summed E-state index contributed by atoms with van der Waals surface area (Å²) in [5.74, 6) is -2.53. The van der Waals surface area contributed by atoms with Gasteiger partial charge in [0.05, 0.1) is 47.6 Å². The number of nitrogens with two attached hydrogens (primary N) is 1. The molecule has 0 unspecified atom stereocenters. The van der Waals surface area contributed by atoms with E-state index >= 15 is 0 Å². The maximum atomic E-state index is 13.0. The zero-order chi connectivity index (χ0) is 48.0. The molecule has 0 radical (unpaired) electrons. The molecule has 0 aliphatic rings. The Hall–Kier alpha value is -2.93. The maximum Gasteiger partial charge on any atom is 0.311 e. The van der Waals surface area contributed by atoms with E-state index in [1.165, 1.54) is 0 Å². The number of halogens is 1. The molecule has 64 heavy (non-hydrogen) atoms. The lowest BCUT2D eigenvalue weighted by Crippen LogP contribution is -3.00. The third kappa shape index (κ3) is 28.9. The average Bonchev–Trinajstić information content (AvgIpc) is 3.21. The van der Waals surface area contributed by atoms with Crippen molar-refractivity contribution in [2.24, 2.45) is 21.7 Å². The predicted molar refractivity (Wildman–Crippen MR) is 245 cm³/mol. The molecule has 0 spiro atoms. The van der Waals surface area contributed by atoms with E-state index in [1.807, 2.05) is 60.7 Å². The van der Waals surface area contributed by atoms with Crippen molar-refractivity contribution in [3.05, 3.63) is 0 Å². The summed E-state index contributed by atoms with van der Waals surface area (Å²) in [6.07, 6.45) is 13.8. The molecule has 0 amide bonds. The third-order valence-electron chi connectivity index (χ3n) is 11.6. The summed E-state index contributed by atoms with van der Waals surface area (Å²) < 4.78 is 33.9. The highest BCUT2D eigenvalue weighted by atomic mass is 35.5. The molecule has 0 heterocycles. The van der Waals surface area contributed by atoms with Gasteiger partial charge < -0.3 is 46.1 Å². The second-order valence-corrected chi connectivity index (χ2v) is 20.1. The molecule has 0 saturated carbocycles. The summed E-state index contributed by atoms with van der Waals surface area (Å²) in [5.41, 5.74) is -2.80. The molecular formula is C50H92ClNO12. The molecule has 0 aromatic carbocycles. The predicted octanol–water partition coefficient (Wildman–Crippen LogP) is 6.54. The molecular weight excluding hydrogens is 842 g/mol. The standard InChI is InChI=1S/C50H91NO12.ClH/c1-13-17-21-29-47(5,6)43(54)58-35-39(36-59-44(55)48(7,8)30-22-18-14-2)62-41(52)27-25-33-51-34-26-28-42(53)63-40(37-60-45(56)49(9,10)31-23-19-15-3)38-61-46(57)50(11,12)32-24-20-16-4;/h39-40,51H,13-38H2,1-12H3;1H. The van der Waals surface area contributed by atoms with E-state index < -0.39 is 45.8 Å². The summed E-state index contributed by atoms with van der Waals surface area (Å²) in [5, 5.41) is 1.99. The van der Waals surface area contributed by atoms with E-state index in [1.54, 1.807) is 0 Å². The summed E-state index contributed by atoms with van der Waals surface area (Å²) in [6.45, 7) is 23.5. The van der Waals surface area contributed by atoms with Crippen LogP contribution in [-0.4, -0.2) is 87.5 Å². The normalized spacial score (nSPS) is 12.1. The SMILES string of the molecule is CCCCCC(C)(C)C(=O)OCC(COC(=O)C(C)(C)CCCCC)OC(=O)CCC[NH2+]CCCC(=O)OC(COC(=O)C(C)(C)CCCCC)COC(=O)C(C)(C)CCCCC.[Cl-]. The van der Waals surface area contributed by atoms with E-state index in [0.29, 0.717) is 51.6 Å². The number of ether oxygens (including phenoxy) is 6. The Bertz CT molecular complexity index is 1160. The number of rotatable bonds is 38. The minimum absolute atomic E-state index is 0. The molecule has 0 aromatic rings. The second-order valence-electron chi connectivity index (χ2n) is 20.1. The molecule has 0 bridgehead atoms. The summed E-state index contributed by atoms with van der Waals surface area (Å²) >= 11 is 0. The van der Waals surface area contributed by atoms with Gasteiger partial charge >= 0.3 is 35.8 Å². The largest absolute Gasteiger partial charge is 1.00 e. The highest BCUT2D eigenvalue weighted by Gasteiger charge is 2.34. The molecule has 0 rings (SSSR count). The first-order valence-electron chi connectivity index (χ1n) is 24.5. The number of unbranched alkanes of at least 4 members (excludes halogenated alkanes) is 8. The van der Waals surface area contributed by atoms with E-state index in [4.69, 9.17) is 28.4 Å². The van der Waals surface area contributed by atoms with Gasteiger partial charge in [0.1, 0.15) is 26.4 Å². The number of carbonyl (C=O) groups excluding carboxylic acids is 6. The number of esters is 6. The smallest absolute Gasteiger partial charge is 0.311 e. The fourth-order valence-electron chi connectivity index (χ4n) is 6.78. The van der Waals surface area contributed by atoms with E-state index in [0.717, 1.165) is 77.0 Å². The Morgan fingerprint density at radius 3 is 0.844 bits per heavy atom. The molecule has 376 valence electrons. The van der Waals surface area contributed by atoms with Gasteiger partial charge in [-0.05, 0) is 81.1 Å². The Morgan fingerprint density at radius 2 is 0.625 bits per heavy atom. The Kier molecular flexibility index (Phi) is 33.9. The van der Waals surface area contributed by atoms with Crippen LogP contribution in [0.3, 0.4) is 0 Å². The van der Waals surface area contributed by atoms with Crippen molar-refractivity contribution < 1.29 is 74.9 Å². The van der Waals surface area contributed by atoms with Crippen LogP contribution in [0.2, 0.25) is 0 Å². The van der Waals surface area contributed by atoms with Gasteiger partial charge in [-0.1, -0.05) is 105 Å². The maximum absolute atomic E-state index is 13.0. The highest BCUT2D eigenvalue weighted by molar-refractivity contribution is 5.77. The fraction of sp³-hybridized carbons (Fsp3) is 0.880. The van der Waals surface area contributed by atoms with Gasteiger partial charge in [-0.25, -0.2) is 0 Å². The van der Waals surface area contributed by atoms with Crippen LogP contribution in [0.15, 0.2) is 0 Å². The molecule has 0 aliphatic carbocycles. The Labute approximate surface area is 394 Å². The van der Waals surface area contributed by atoms with Gasteiger partial charge in [-0.2, -0.15) is 0 Å². The van der Waals surface area contributed by atoms with Gasteiger partial charge in [0.2, 0.25) is 0 Å². The van der Waals surface area contributed by atoms with Crippen LogP contribution in [0.5, 0.6) is 0 Å². The quantitative estimate of drug-likeness (QED) is 0.0403. The summed E-state index contributed by atoms with van der Waals surface area (Å²) in [4.78, 5) is 77.9. The zero-order valence-electron chi connectivity index (χ0n) is 42.4. The first-order chi connectivity index (χ1) is 29.6. The topological polar surface area (TPSA) is 174 Å². The molecule has 2 N–H and O–H groups in total. The lowest BCUT2D eigenvalue weighted by molar-refractivity contribution is -0.655. The average molecular weight is 935 g/mol. The first kappa shape index (κ1) is 63.2. The number of hydrogen-bond acceptors (Lipinski definition) is 12. The van der Waals surface area contributed by atoms with Crippen LogP contribution in [0.1, 0.15) is 212 Å². The van der Waals surface area contributed by atoms with Gasteiger partial charge in [0.15, 0.2) is 12.2 Å². The van der Waals surface area contributed by atoms with Crippen LogP contribution in [0.4, 0.5) is 0 Å². The van der Waals surface area contributed by atoms with E-state index in [9.17, 15) is 28.8 Å². The fourth-order valence-corrected chi connectivity index (χ4v) is 6.78. The van der Waals surface area contributed by atoms with Crippen LogP contribution in [0.25, 0.3) is 0 Å². The molecule has 0 fully saturated rings. The number of carbonyl (C=O) groups is 6. The molecule has 14 heteroatoms. The van der Waals surface area contributed by atoms with Gasteiger partial charge in [0.25, 0.3) is 0 Å². The minimum atomic E-state index is -0.941. The number of hydrogen-bond donors (Lipinski definition) is 1. The lowest BCUT2D eigenvalue weighted by atomic mass is 9.87. The van der Waals surface area contributed by atoms with Crippen LogP contribution in [-0.2, 0) is 57.2 Å². The Balaban J connectivity index is 0. The molecule has 13 nitrogen and oxygen atoms in total. The van der Waals surface area contributed by atoms with Crippen molar-refractivity contribution in [2.75, 3.05) is 39.5 Å². The van der Waals surface area contributed by atoms with Crippen LogP contribution >= 0.6 is 0 Å². The van der Waals surface area contributed by atoms with Gasteiger partial charge in [-0.3, -0.25) is 28.8 Å². The van der Waals surface area contributed by atoms with Crippen LogP contribution < -0.4 is 17.7 Å². The highest BCUT2D eigenvalue weighted by Crippen LogP contribution is 2.29. The minimum Gasteiger partial charge on any atom is -1.00 e. The van der Waals surface area contributed by atoms with Crippen LogP contribution in [0, 0.1) is 21.7 Å². The van der Waals surface area contributed by atoms with Crippen molar-refractivity contribution in [1.82, 2.24) is 0 Å². The monoisotopic (exact) mass is 934 g/mol. The number of quaternary nitrogens is 1. The molecule has 0 atom stereocenters. The van der Waals surface area contributed by atoms with Gasteiger partial charge in [-0.15, -0.1) is 0 Å². The van der Waals surface area contributed by atoms with E-state index in [2.05, 4.69) is 27.7 Å². The third-order valence-corrected chi connectivity index (χ3v) is 11.6.